The van der Waals surface area contributed by atoms with Gasteiger partial charge in [0, 0.05) is 30.0 Å². The highest BCUT2D eigenvalue weighted by molar-refractivity contribution is 5.86. The number of nitrogens with one attached hydrogen (secondary N) is 1. The fraction of sp³-hybridized carbons (Fsp3) is 0.500. The molecule has 0 aromatic heterocycles. The summed E-state index contributed by atoms with van der Waals surface area (Å²) in [6.07, 6.45) is 0.800. The van der Waals surface area contributed by atoms with Gasteiger partial charge < -0.3 is 0 Å². The first-order chi connectivity index (χ1) is 11.6. The Morgan fingerprint density at radius 2 is 1.80 bits per heavy atom. The van der Waals surface area contributed by atoms with Crippen molar-refractivity contribution in [2.45, 2.75) is 45.6 Å². The van der Waals surface area contributed by atoms with E-state index in [0.717, 1.165) is 12.1 Å². The van der Waals surface area contributed by atoms with Gasteiger partial charge in [0.2, 0.25) is 5.54 Å². The van der Waals surface area contributed by atoms with E-state index in [1.54, 1.807) is 13.8 Å². The third-order valence-electron chi connectivity index (χ3n) is 3.92. The van der Waals surface area contributed by atoms with Gasteiger partial charge in [-0.15, -0.1) is 0 Å². The fourth-order valence-electron chi connectivity index (χ4n) is 2.02. The van der Waals surface area contributed by atoms with Crippen LogP contribution in [0.5, 0.6) is 0 Å². The SMILES string of the molecule is CC/C(C[C@@](C)(CC)[N+](=O)[O-])=N/Nc1ccc([N+](=O)[O-])cc1[N+](=O)[O-]. The summed E-state index contributed by atoms with van der Waals surface area (Å²) in [4.78, 5) is 31.1. The van der Waals surface area contributed by atoms with Crippen LogP contribution < -0.4 is 5.43 Å². The van der Waals surface area contributed by atoms with Crippen LogP contribution in [0.15, 0.2) is 23.3 Å². The molecular formula is C14H19N5O6. The largest absolute Gasteiger partial charge is 0.301 e. The molecule has 11 nitrogen and oxygen atoms in total. The molecule has 1 aromatic carbocycles. The number of nitro benzene ring substituents is 2. The third kappa shape index (κ3) is 4.93. The molecule has 0 saturated carbocycles. The van der Waals surface area contributed by atoms with Crippen molar-refractivity contribution in [1.29, 1.82) is 0 Å². The average Bonchev–Trinajstić information content (AvgIpc) is 2.57. The zero-order chi connectivity index (χ0) is 19.2. The molecule has 1 atom stereocenters. The molecule has 11 heteroatoms. The van der Waals surface area contributed by atoms with Crippen LogP contribution in [0.2, 0.25) is 0 Å². The molecule has 1 aromatic rings. The highest BCUT2D eigenvalue weighted by Gasteiger charge is 2.36. The van der Waals surface area contributed by atoms with Gasteiger partial charge in [-0.25, -0.2) is 0 Å². The smallest absolute Gasteiger partial charge is 0.272 e. The normalized spacial score (nSPS) is 13.8. The van der Waals surface area contributed by atoms with E-state index in [4.69, 9.17) is 0 Å². The summed E-state index contributed by atoms with van der Waals surface area (Å²) in [6.45, 7) is 4.97. The van der Waals surface area contributed by atoms with Gasteiger partial charge in [-0.05, 0) is 12.5 Å². The minimum Gasteiger partial charge on any atom is -0.272 e. The summed E-state index contributed by atoms with van der Waals surface area (Å²) in [7, 11) is 0. The van der Waals surface area contributed by atoms with Gasteiger partial charge in [0.25, 0.3) is 5.69 Å². The lowest BCUT2D eigenvalue weighted by atomic mass is 9.92. The molecular weight excluding hydrogens is 334 g/mol. The van der Waals surface area contributed by atoms with Crippen LogP contribution in [-0.4, -0.2) is 26.0 Å². The maximum atomic E-state index is 11.2. The number of benzene rings is 1. The van der Waals surface area contributed by atoms with Crippen LogP contribution in [0.4, 0.5) is 17.1 Å². The van der Waals surface area contributed by atoms with E-state index in [9.17, 15) is 30.3 Å². The maximum absolute atomic E-state index is 11.2. The first kappa shape index (κ1) is 19.9. The molecule has 0 saturated heterocycles. The second-order valence-electron chi connectivity index (χ2n) is 5.64. The van der Waals surface area contributed by atoms with Crippen molar-refractivity contribution in [2.24, 2.45) is 5.10 Å². The minimum atomic E-state index is -1.18. The molecule has 0 aliphatic heterocycles. The summed E-state index contributed by atoms with van der Waals surface area (Å²) < 4.78 is 0. The summed E-state index contributed by atoms with van der Waals surface area (Å²) in [5, 5.41) is 37.0. The lowest BCUT2D eigenvalue weighted by molar-refractivity contribution is -0.564. The van der Waals surface area contributed by atoms with Crippen molar-refractivity contribution < 1.29 is 14.8 Å². The van der Waals surface area contributed by atoms with E-state index in [-0.39, 0.29) is 17.0 Å². The molecule has 0 aliphatic carbocycles. The molecule has 0 heterocycles. The Labute approximate surface area is 143 Å². The number of nitro groups is 3. The van der Waals surface area contributed by atoms with Gasteiger partial charge in [0.15, 0.2) is 0 Å². The van der Waals surface area contributed by atoms with Gasteiger partial charge >= 0.3 is 5.69 Å². The average molecular weight is 353 g/mol. The van der Waals surface area contributed by atoms with E-state index in [1.807, 2.05) is 0 Å². The van der Waals surface area contributed by atoms with Crippen LogP contribution in [0.3, 0.4) is 0 Å². The molecule has 1 rings (SSSR count). The van der Waals surface area contributed by atoms with E-state index in [0.29, 0.717) is 18.6 Å². The highest BCUT2D eigenvalue weighted by atomic mass is 16.6. The second-order valence-corrected chi connectivity index (χ2v) is 5.64. The number of anilines is 1. The summed E-state index contributed by atoms with van der Waals surface area (Å²) in [5.41, 5.74) is 0.843. The van der Waals surface area contributed by atoms with Gasteiger partial charge in [-0.1, -0.05) is 13.8 Å². The molecule has 136 valence electrons. The molecule has 0 radical (unpaired) electrons. The topological polar surface area (TPSA) is 154 Å². The Morgan fingerprint density at radius 3 is 2.24 bits per heavy atom. The number of hydrogen-bond donors (Lipinski definition) is 1. The molecule has 25 heavy (non-hydrogen) atoms. The zero-order valence-corrected chi connectivity index (χ0v) is 14.1. The second kappa shape index (κ2) is 8.13. The quantitative estimate of drug-likeness (QED) is 0.404. The summed E-state index contributed by atoms with van der Waals surface area (Å²) in [5.74, 6) is 0. The van der Waals surface area contributed by atoms with Crippen molar-refractivity contribution in [3.8, 4) is 0 Å². The van der Waals surface area contributed by atoms with Crippen LogP contribution in [0, 0.1) is 30.3 Å². The number of hydrogen-bond acceptors (Lipinski definition) is 8. The first-order valence-corrected chi connectivity index (χ1v) is 7.53. The van der Waals surface area contributed by atoms with Crippen molar-refractivity contribution in [1.82, 2.24) is 0 Å². The predicted octanol–water partition coefficient (Wildman–Crippen LogP) is 3.52. The number of nitrogens with zero attached hydrogens (tertiary/aromatic N) is 4. The van der Waals surface area contributed by atoms with E-state index < -0.39 is 26.8 Å². The number of hydrazone groups is 1. The molecule has 0 bridgehead atoms. The van der Waals surface area contributed by atoms with Gasteiger partial charge in [-0.3, -0.25) is 35.8 Å². The van der Waals surface area contributed by atoms with Crippen molar-refractivity contribution in [3.63, 3.8) is 0 Å². The van der Waals surface area contributed by atoms with E-state index in [1.165, 1.54) is 13.0 Å². The van der Waals surface area contributed by atoms with Crippen molar-refractivity contribution in [2.75, 3.05) is 5.43 Å². The maximum Gasteiger partial charge on any atom is 0.301 e. The van der Waals surface area contributed by atoms with Crippen LogP contribution >= 0.6 is 0 Å². The molecule has 0 fully saturated rings. The minimum absolute atomic E-state index is 0.0270. The predicted molar refractivity (Wildman–Crippen MR) is 91.4 cm³/mol. The zero-order valence-electron chi connectivity index (χ0n) is 14.1. The Morgan fingerprint density at radius 1 is 1.16 bits per heavy atom. The van der Waals surface area contributed by atoms with Gasteiger partial charge in [-0.2, -0.15) is 5.10 Å². The van der Waals surface area contributed by atoms with E-state index >= 15 is 0 Å². The molecule has 0 spiro atoms. The molecule has 1 N–H and O–H groups in total. The van der Waals surface area contributed by atoms with Crippen LogP contribution in [0.1, 0.15) is 40.0 Å². The highest BCUT2D eigenvalue weighted by Crippen LogP contribution is 2.29. The molecule has 0 amide bonds. The monoisotopic (exact) mass is 353 g/mol. The van der Waals surface area contributed by atoms with Crippen molar-refractivity contribution >= 4 is 22.8 Å². The Kier molecular flexibility index (Phi) is 6.48. The third-order valence-corrected chi connectivity index (χ3v) is 3.92. The number of rotatable bonds is 9. The Bertz CT molecular complexity index is 720. The standard InChI is InChI=1S/C14H19N5O6/c1-4-10(9-14(3,5-2)19(24)25)15-16-12-7-6-11(17(20)21)8-13(12)18(22)23/h6-8,16H,4-5,9H2,1-3H3/b15-10-/t14-/m1/s1. The Balaban J connectivity index is 3.11. The first-order valence-electron chi connectivity index (χ1n) is 7.53. The number of non-ortho nitro benzene ring substituents is 1. The lowest BCUT2D eigenvalue weighted by Crippen LogP contribution is -2.36. The van der Waals surface area contributed by atoms with Gasteiger partial charge in [0.1, 0.15) is 5.69 Å². The fourth-order valence-corrected chi connectivity index (χ4v) is 2.02. The van der Waals surface area contributed by atoms with Crippen LogP contribution in [-0.2, 0) is 0 Å². The van der Waals surface area contributed by atoms with E-state index in [2.05, 4.69) is 10.5 Å². The molecule has 0 unspecified atom stereocenters. The summed E-state index contributed by atoms with van der Waals surface area (Å²) in [6, 6.07) is 3.12. The van der Waals surface area contributed by atoms with Crippen molar-refractivity contribution in [3.05, 3.63) is 48.5 Å². The Hall–Kier alpha value is -3.11. The van der Waals surface area contributed by atoms with Crippen LogP contribution in [0.25, 0.3) is 0 Å². The molecule has 0 aliphatic rings. The van der Waals surface area contributed by atoms with Gasteiger partial charge in [0.05, 0.1) is 22.3 Å². The lowest BCUT2D eigenvalue weighted by Gasteiger charge is -2.19. The summed E-state index contributed by atoms with van der Waals surface area (Å²) >= 11 is 0.